The summed E-state index contributed by atoms with van der Waals surface area (Å²) < 4.78 is 34.0. The minimum absolute atomic E-state index is 0.0670. The molecule has 6 heteroatoms. The van der Waals surface area contributed by atoms with Crippen LogP contribution in [0.15, 0.2) is 29.2 Å². The first-order chi connectivity index (χ1) is 10.8. The van der Waals surface area contributed by atoms with Gasteiger partial charge in [-0.05, 0) is 59.0 Å². The number of ether oxygens (including phenoxy) is 1. The monoisotopic (exact) mass is 338 g/mol. The van der Waals surface area contributed by atoms with Crippen molar-refractivity contribution in [2.75, 3.05) is 33.3 Å². The molecular weight excluding hydrogens is 312 g/mol. The van der Waals surface area contributed by atoms with E-state index in [0.29, 0.717) is 18.9 Å². The van der Waals surface area contributed by atoms with E-state index < -0.39 is 10.0 Å². The summed E-state index contributed by atoms with van der Waals surface area (Å²) in [6.45, 7) is 6.98. The third kappa shape index (κ3) is 3.12. The first-order valence-corrected chi connectivity index (χ1v) is 9.70. The summed E-state index contributed by atoms with van der Waals surface area (Å²) in [4.78, 5) is 2.59. The van der Waals surface area contributed by atoms with E-state index in [1.807, 2.05) is 19.9 Å². The van der Waals surface area contributed by atoms with E-state index in [4.69, 9.17) is 4.74 Å². The molecule has 0 aromatic heterocycles. The van der Waals surface area contributed by atoms with E-state index in [9.17, 15) is 8.42 Å². The van der Waals surface area contributed by atoms with Gasteiger partial charge >= 0.3 is 0 Å². The van der Waals surface area contributed by atoms with Crippen LogP contribution in [0.2, 0.25) is 0 Å². The van der Waals surface area contributed by atoms with Crippen LogP contribution in [-0.2, 0) is 10.0 Å². The number of fused-ring (bicyclic) bond motifs is 1. The second-order valence-electron chi connectivity index (χ2n) is 7.18. The fourth-order valence-corrected chi connectivity index (χ4v) is 5.34. The summed E-state index contributed by atoms with van der Waals surface area (Å²) in [5, 5.41) is 0. The summed E-state index contributed by atoms with van der Waals surface area (Å²) in [6.07, 6.45) is 1.93. The average Bonchev–Trinajstić information content (AvgIpc) is 2.52. The maximum atomic E-state index is 13.1. The molecule has 0 unspecified atom stereocenters. The fraction of sp³-hybridized carbons (Fsp3) is 0.647. The van der Waals surface area contributed by atoms with Crippen molar-refractivity contribution in [1.82, 2.24) is 9.21 Å². The molecule has 2 aliphatic heterocycles. The topological polar surface area (TPSA) is 49.9 Å². The number of piperidine rings is 1. The van der Waals surface area contributed by atoms with Gasteiger partial charge in [0.2, 0.25) is 10.0 Å². The normalized spacial score (nSPS) is 24.7. The number of rotatable bonds is 1. The van der Waals surface area contributed by atoms with Gasteiger partial charge in [0.05, 0.1) is 6.61 Å². The van der Waals surface area contributed by atoms with Gasteiger partial charge in [-0.25, -0.2) is 8.42 Å². The molecule has 2 aliphatic rings. The fourth-order valence-electron chi connectivity index (χ4n) is 3.46. The minimum atomic E-state index is -3.54. The number of hydrogen-bond acceptors (Lipinski definition) is 4. The molecule has 128 valence electrons. The molecule has 23 heavy (non-hydrogen) atoms. The Hall–Kier alpha value is -1.11. The Balaban J connectivity index is 2.04. The van der Waals surface area contributed by atoms with Gasteiger partial charge in [-0.1, -0.05) is 12.1 Å². The second-order valence-corrected chi connectivity index (χ2v) is 9.04. The minimum Gasteiger partial charge on any atom is -0.492 e. The predicted octanol–water partition coefficient (Wildman–Crippen LogP) is 2.19. The second kappa shape index (κ2) is 6.07. The van der Waals surface area contributed by atoms with Gasteiger partial charge in [-0.3, -0.25) is 0 Å². The lowest BCUT2D eigenvalue weighted by Crippen LogP contribution is -2.52. The molecule has 1 aromatic carbocycles. The Labute approximate surface area is 139 Å². The van der Waals surface area contributed by atoms with Crippen LogP contribution in [0.4, 0.5) is 0 Å². The Kier molecular flexibility index (Phi) is 4.42. The molecule has 0 aliphatic carbocycles. The van der Waals surface area contributed by atoms with Crippen LogP contribution in [0.1, 0.15) is 26.7 Å². The summed E-state index contributed by atoms with van der Waals surface area (Å²) in [6, 6.07) is 6.93. The highest BCUT2D eigenvalue weighted by atomic mass is 32.2. The van der Waals surface area contributed by atoms with Gasteiger partial charge in [0.25, 0.3) is 0 Å². The van der Waals surface area contributed by atoms with Crippen molar-refractivity contribution in [3.63, 3.8) is 0 Å². The SMILES string of the molecule is CC(C)N1CC2(CCN(C)CC2)COc2ccccc2S1(=O)=O. The van der Waals surface area contributed by atoms with Crippen LogP contribution in [0.25, 0.3) is 0 Å². The highest BCUT2D eigenvalue weighted by Crippen LogP contribution is 2.39. The van der Waals surface area contributed by atoms with Gasteiger partial charge in [0.15, 0.2) is 0 Å². The third-order valence-electron chi connectivity index (χ3n) is 5.08. The Bertz CT molecular complexity index is 664. The number of sulfonamides is 1. The van der Waals surface area contributed by atoms with E-state index in [1.165, 1.54) is 0 Å². The zero-order valence-electron chi connectivity index (χ0n) is 14.2. The molecule has 2 heterocycles. The van der Waals surface area contributed by atoms with Gasteiger partial charge < -0.3 is 9.64 Å². The molecule has 1 spiro atoms. The smallest absolute Gasteiger partial charge is 0.247 e. The molecule has 1 fully saturated rings. The molecule has 0 bridgehead atoms. The zero-order chi connectivity index (χ0) is 16.7. The standard InChI is InChI=1S/C17H26N2O3S/c1-14(2)19-12-17(8-10-18(3)11-9-17)13-22-15-6-4-5-7-16(15)23(19,20)21/h4-7,14H,8-13H2,1-3H3. The average molecular weight is 338 g/mol. The lowest BCUT2D eigenvalue weighted by molar-refractivity contribution is 0.0384. The van der Waals surface area contributed by atoms with E-state index in [-0.39, 0.29) is 16.4 Å². The lowest BCUT2D eigenvalue weighted by Gasteiger charge is -2.45. The van der Waals surface area contributed by atoms with Gasteiger partial charge in [-0.15, -0.1) is 0 Å². The van der Waals surface area contributed by atoms with Crippen molar-refractivity contribution in [2.45, 2.75) is 37.6 Å². The molecule has 1 saturated heterocycles. The number of para-hydroxylation sites is 1. The quantitative estimate of drug-likeness (QED) is 0.788. The summed E-state index contributed by atoms with van der Waals surface area (Å²) in [5.74, 6) is 0.483. The molecule has 0 radical (unpaired) electrons. The summed E-state index contributed by atoms with van der Waals surface area (Å²) >= 11 is 0. The highest BCUT2D eigenvalue weighted by molar-refractivity contribution is 7.89. The van der Waals surface area contributed by atoms with Crippen LogP contribution < -0.4 is 4.74 Å². The van der Waals surface area contributed by atoms with E-state index in [0.717, 1.165) is 25.9 Å². The van der Waals surface area contributed by atoms with Crippen LogP contribution in [-0.4, -0.2) is 57.0 Å². The molecule has 0 amide bonds. The van der Waals surface area contributed by atoms with Crippen molar-refractivity contribution in [3.05, 3.63) is 24.3 Å². The third-order valence-corrected chi connectivity index (χ3v) is 7.15. The molecule has 3 rings (SSSR count). The van der Waals surface area contributed by atoms with Crippen LogP contribution >= 0.6 is 0 Å². The Morgan fingerprint density at radius 1 is 1.17 bits per heavy atom. The molecular formula is C17H26N2O3S. The largest absolute Gasteiger partial charge is 0.492 e. The van der Waals surface area contributed by atoms with E-state index in [1.54, 1.807) is 22.5 Å². The first kappa shape index (κ1) is 16.7. The number of benzene rings is 1. The van der Waals surface area contributed by atoms with Crippen molar-refractivity contribution >= 4 is 10.0 Å². The van der Waals surface area contributed by atoms with Crippen LogP contribution in [0.3, 0.4) is 0 Å². The summed E-state index contributed by atoms with van der Waals surface area (Å²) in [5.41, 5.74) is -0.0998. The number of hydrogen-bond donors (Lipinski definition) is 0. The Morgan fingerprint density at radius 2 is 1.83 bits per heavy atom. The molecule has 5 nitrogen and oxygen atoms in total. The van der Waals surface area contributed by atoms with Gasteiger partial charge in [0, 0.05) is 18.0 Å². The Morgan fingerprint density at radius 3 is 2.48 bits per heavy atom. The first-order valence-electron chi connectivity index (χ1n) is 8.26. The highest BCUT2D eigenvalue weighted by Gasteiger charge is 2.43. The maximum absolute atomic E-state index is 13.1. The van der Waals surface area contributed by atoms with Crippen LogP contribution in [0, 0.1) is 5.41 Å². The van der Waals surface area contributed by atoms with Crippen LogP contribution in [0.5, 0.6) is 5.75 Å². The molecule has 0 saturated carbocycles. The number of likely N-dealkylation sites (tertiary alicyclic amines) is 1. The molecule has 0 atom stereocenters. The van der Waals surface area contributed by atoms with Crippen molar-refractivity contribution in [1.29, 1.82) is 0 Å². The van der Waals surface area contributed by atoms with E-state index in [2.05, 4.69) is 11.9 Å². The van der Waals surface area contributed by atoms with Crippen molar-refractivity contribution < 1.29 is 13.2 Å². The van der Waals surface area contributed by atoms with Crippen molar-refractivity contribution in [3.8, 4) is 5.75 Å². The molecule has 0 N–H and O–H groups in total. The maximum Gasteiger partial charge on any atom is 0.247 e. The number of nitrogens with zero attached hydrogens (tertiary/aromatic N) is 2. The van der Waals surface area contributed by atoms with E-state index >= 15 is 0 Å². The zero-order valence-corrected chi connectivity index (χ0v) is 15.0. The predicted molar refractivity (Wildman–Crippen MR) is 90.1 cm³/mol. The van der Waals surface area contributed by atoms with Crippen molar-refractivity contribution in [2.24, 2.45) is 5.41 Å². The van der Waals surface area contributed by atoms with Gasteiger partial charge in [-0.2, -0.15) is 4.31 Å². The lowest BCUT2D eigenvalue weighted by atomic mass is 9.79. The van der Waals surface area contributed by atoms with Gasteiger partial charge in [0.1, 0.15) is 10.6 Å². The molecule has 1 aromatic rings. The summed E-state index contributed by atoms with van der Waals surface area (Å²) in [7, 11) is -1.42.